The lowest BCUT2D eigenvalue weighted by atomic mass is 10.2. The van der Waals surface area contributed by atoms with Crippen molar-refractivity contribution in [3.8, 4) is 0 Å². The molecular weight excluding hydrogens is 426 g/mol. The van der Waals surface area contributed by atoms with Crippen LogP contribution < -0.4 is 10.0 Å². The molecule has 0 atom stereocenters. The molecule has 0 aliphatic rings. The summed E-state index contributed by atoms with van der Waals surface area (Å²) in [6.45, 7) is 0. The lowest BCUT2D eigenvalue weighted by Crippen LogP contribution is -2.14. The average Bonchev–Trinajstić information content (AvgIpc) is 2.66. The highest BCUT2D eigenvalue weighted by Gasteiger charge is 2.17. The Kier molecular flexibility index (Phi) is 5.88. The molecular formula is C19H13Cl2FN2O3S. The van der Waals surface area contributed by atoms with E-state index in [0.29, 0.717) is 5.69 Å². The summed E-state index contributed by atoms with van der Waals surface area (Å²) < 4.78 is 40.6. The molecule has 0 spiro atoms. The fraction of sp³-hybridized carbons (Fsp3) is 0. The predicted molar refractivity (Wildman–Crippen MR) is 108 cm³/mol. The Labute approximate surface area is 171 Å². The van der Waals surface area contributed by atoms with Gasteiger partial charge in [-0.15, -0.1) is 0 Å². The molecule has 0 fully saturated rings. The van der Waals surface area contributed by atoms with Crippen LogP contribution in [0.3, 0.4) is 0 Å². The van der Waals surface area contributed by atoms with Gasteiger partial charge in [-0.2, -0.15) is 0 Å². The van der Waals surface area contributed by atoms with E-state index in [9.17, 15) is 17.6 Å². The van der Waals surface area contributed by atoms with Crippen LogP contribution in [0.2, 0.25) is 10.0 Å². The molecule has 3 aromatic carbocycles. The van der Waals surface area contributed by atoms with Crippen molar-refractivity contribution in [1.82, 2.24) is 0 Å². The molecule has 1 amide bonds. The zero-order chi connectivity index (χ0) is 20.3. The molecule has 3 rings (SSSR count). The minimum atomic E-state index is -3.91. The van der Waals surface area contributed by atoms with E-state index in [1.807, 2.05) is 0 Å². The van der Waals surface area contributed by atoms with Gasteiger partial charge < -0.3 is 5.32 Å². The van der Waals surface area contributed by atoms with Crippen LogP contribution in [0, 0.1) is 5.82 Å². The van der Waals surface area contributed by atoms with Crippen LogP contribution >= 0.6 is 23.2 Å². The van der Waals surface area contributed by atoms with E-state index in [4.69, 9.17) is 23.2 Å². The number of amides is 1. The van der Waals surface area contributed by atoms with E-state index < -0.39 is 21.7 Å². The molecule has 0 bridgehead atoms. The van der Waals surface area contributed by atoms with E-state index in [0.717, 1.165) is 6.07 Å². The summed E-state index contributed by atoms with van der Waals surface area (Å²) >= 11 is 11.9. The maximum atomic E-state index is 13.2. The van der Waals surface area contributed by atoms with Crippen molar-refractivity contribution >= 4 is 50.5 Å². The summed E-state index contributed by atoms with van der Waals surface area (Å²) in [6.07, 6.45) is 0. The SMILES string of the molecule is O=C(Nc1ccc(S(=O)(=O)Nc2cccc(Cl)c2Cl)cc1)c1cccc(F)c1. The second-order valence-corrected chi connectivity index (χ2v) is 8.16. The number of hydrogen-bond donors (Lipinski definition) is 2. The van der Waals surface area contributed by atoms with Gasteiger partial charge in [-0.05, 0) is 54.6 Å². The molecule has 9 heteroatoms. The second kappa shape index (κ2) is 8.18. The Morgan fingerprint density at radius 1 is 0.929 bits per heavy atom. The molecule has 0 heterocycles. The largest absolute Gasteiger partial charge is 0.322 e. The summed E-state index contributed by atoms with van der Waals surface area (Å²) in [5.74, 6) is -1.04. The van der Waals surface area contributed by atoms with Crippen LogP contribution in [0.15, 0.2) is 71.6 Å². The van der Waals surface area contributed by atoms with Gasteiger partial charge in [0.2, 0.25) is 0 Å². The van der Waals surface area contributed by atoms with Crippen LogP contribution in [0.25, 0.3) is 0 Å². The smallest absolute Gasteiger partial charge is 0.261 e. The average molecular weight is 439 g/mol. The number of benzene rings is 3. The van der Waals surface area contributed by atoms with Crippen molar-refractivity contribution in [2.24, 2.45) is 0 Å². The van der Waals surface area contributed by atoms with E-state index >= 15 is 0 Å². The van der Waals surface area contributed by atoms with Crippen molar-refractivity contribution in [2.45, 2.75) is 4.90 Å². The summed E-state index contributed by atoms with van der Waals surface area (Å²) in [7, 11) is -3.91. The number of rotatable bonds is 5. The second-order valence-electron chi connectivity index (χ2n) is 5.70. The third-order valence-corrected chi connectivity index (χ3v) is 5.91. The van der Waals surface area contributed by atoms with Crippen molar-refractivity contribution in [3.05, 3.63) is 88.2 Å². The molecule has 28 heavy (non-hydrogen) atoms. The lowest BCUT2D eigenvalue weighted by Gasteiger charge is -2.11. The Hall–Kier alpha value is -2.61. The maximum Gasteiger partial charge on any atom is 0.261 e. The predicted octanol–water partition coefficient (Wildman–Crippen LogP) is 5.19. The Morgan fingerprint density at radius 2 is 1.61 bits per heavy atom. The van der Waals surface area contributed by atoms with Crippen molar-refractivity contribution in [1.29, 1.82) is 0 Å². The van der Waals surface area contributed by atoms with Gasteiger partial charge in [-0.25, -0.2) is 12.8 Å². The van der Waals surface area contributed by atoms with Gasteiger partial charge >= 0.3 is 0 Å². The van der Waals surface area contributed by atoms with Crippen LogP contribution in [0.5, 0.6) is 0 Å². The first-order valence-corrected chi connectivity index (χ1v) is 10.1. The van der Waals surface area contributed by atoms with Crippen LogP contribution in [-0.4, -0.2) is 14.3 Å². The van der Waals surface area contributed by atoms with Crippen LogP contribution in [0.4, 0.5) is 15.8 Å². The first-order chi connectivity index (χ1) is 13.3. The number of carbonyl (C=O) groups excluding carboxylic acids is 1. The molecule has 144 valence electrons. The van der Waals surface area contributed by atoms with E-state index in [1.54, 1.807) is 6.07 Å². The monoisotopic (exact) mass is 438 g/mol. The fourth-order valence-electron chi connectivity index (χ4n) is 2.34. The number of hydrogen-bond acceptors (Lipinski definition) is 3. The summed E-state index contributed by atoms with van der Waals surface area (Å²) in [5.41, 5.74) is 0.653. The minimum absolute atomic E-state index is 0.0349. The fourth-order valence-corrected chi connectivity index (χ4v) is 3.81. The highest BCUT2D eigenvalue weighted by atomic mass is 35.5. The third kappa shape index (κ3) is 4.62. The summed E-state index contributed by atoms with van der Waals surface area (Å²) in [5, 5.41) is 2.88. The topological polar surface area (TPSA) is 75.3 Å². The molecule has 0 aliphatic heterocycles. The molecule has 0 aliphatic carbocycles. The Morgan fingerprint density at radius 3 is 2.29 bits per heavy atom. The summed E-state index contributed by atoms with van der Waals surface area (Å²) in [4.78, 5) is 12.1. The summed E-state index contributed by atoms with van der Waals surface area (Å²) in [6, 6.07) is 15.3. The molecule has 2 N–H and O–H groups in total. The van der Waals surface area contributed by atoms with Crippen molar-refractivity contribution in [2.75, 3.05) is 10.0 Å². The number of nitrogens with one attached hydrogen (secondary N) is 2. The Balaban J connectivity index is 1.76. The molecule has 0 saturated heterocycles. The molecule has 3 aromatic rings. The van der Waals surface area contributed by atoms with Crippen LogP contribution in [0.1, 0.15) is 10.4 Å². The highest BCUT2D eigenvalue weighted by Crippen LogP contribution is 2.31. The van der Waals surface area contributed by atoms with Gasteiger partial charge in [-0.3, -0.25) is 9.52 Å². The van der Waals surface area contributed by atoms with Crippen molar-refractivity contribution < 1.29 is 17.6 Å². The number of anilines is 2. The van der Waals surface area contributed by atoms with Gasteiger partial charge in [0.1, 0.15) is 5.82 Å². The first-order valence-electron chi connectivity index (χ1n) is 7.90. The van der Waals surface area contributed by atoms with Gasteiger partial charge in [-0.1, -0.05) is 35.3 Å². The first kappa shape index (κ1) is 20.1. The molecule has 0 saturated carbocycles. The minimum Gasteiger partial charge on any atom is -0.322 e. The normalized spacial score (nSPS) is 11.1. The third-order valence-electron chi connectivity index (χ3n) is 3.71. The zero-order valence-electron chi connectivity index (χ0n) is 14.1. The molecule has 0 unspecified atom stereocenters. The van der Waals surface area contributed by atoms with Gasteiger partial charge in [0.05, 0.1) is 20.6 Å². The van der Waals surface area contributed by atoms with E-state index in [2.05, 4.69) is 10.0 Å². The van der Waals surface area contributed by atoms with Crippen molar-refractivity contribution in [3.63, 3.8) is 0 Å². The molecule has 5 nitrogen and oxygen atoms in total. The lowest BCUT2D eigenvalue weighted by molar-refractivity contribution is 0.102. The Bertz CT molecular complexity index is 1140. The quantitative estimate of drug-likeness (QED) is 0.575. The van der Waals surface area contributed by atoms with E-state index in [-0.39, 0.29) is 26.2 Å². The maximum absolute atomic E-state index is 13.2. The van der Waals surface area contributed by atoms with E-state index in [1.165, 1.54) is 54.6 Å². The van der Waals surface area contributed by atoms with Crippen LogP contribution in [-0.2, 0) is 10.0 Å². The van der Waals surface area contributed by atoms with Gasteiger partial charge in [0.25, 0.3) is 15.9 Å². The highest BCUT2D eigenvalue weighted by molar-refractivity contribution is 7.92. The number of carbonyl (C=O) groups is 1. The number of halogens is 3. The van der Waals surface area contributed by atoms with Gasteiger partial charge in [0.15, 0.2) is 0 Å². The zero-order valence-corrected chi connectivity index (χ0v) is 16.4. The standard InChI is InChI=1S/C19H13Cl2FN2O3S/c20-16-5-2-6-17(18(16)21)24-28(26,27)15-9-7-14(8-10-15)23-19(25)12-3-1-4-13(22)11-12/h1-11,24H,(H,23,25). The molecule has 0 radical (unpaired) electrons. The number of sulfonamides is 1. The van der Waals surface area contributed by atoms with Gasteiger partial charge in [0, 0.05) is 11.3 Å². The molecule has 0 aromatic heterocycles.